The zero-order valence-electron chi connectivity index (χ0n) is 22.0. The lowest BCUT2D eigenvalue weighted by Gasteiger charge is -2.34. The maximum absolute atomic E-state index is 13.0. The molecule has 0 bridgehead atoms. The molecule has 196 valence electrons. The van der Waals surface area contributed by atoms with Crippen molar-refractivity contribution in [2.24, 2.45) is 0 Å². The van der Waals surface area contributed by atoms with E-state index in [2.05, 4.69) is 51.8 Å². The summed E-state index contributed by atoms with van der Waals surface area (Å²) >= 11 is 0. The van der Waals surface area contributed by atoms with E-state index in [0.717, 1.165) is 22.7 Å². The molecule has 0 atom stereocenters. The van der Waals surface area contributed by atoms with Crippen LogP contribution in [0.4, 0.5) is 10.5 Å². The van der Waals surface area contributed by atoms with Crippen LogP contribution in [0.15, 0.2) is 60.8 Å². The van der Waals surface area contributed by atoms with Gasteiger partial charge in [0.25, 0.3) is 0 Å². The van der Waals surface area contributed by atoms with Crippen molar-refractivity contribution in [3.05, 3.63) is 83.3 Å². The molecule has 1 saturated heterocycles. The van der Waals surface area contributed by atoms with E-state index < -0.39 is 5.97 Å². The van der Waals surface area contributed by atoms with Gasteiger partial charge in [0.1, 0.15) is 11.3 Å². The van der Waals surface area contributed by atoms with Gasteiger partial charge >= 0.3 is 12.0 Å². The third-order valence-electron chi connectivity index (χ3n) is 6.64. The molecule has 9 heteroatoms. The van der Waals surface area contributed by atoms with Gasteiger partial charge in [-0.3, -0.25) is 9.47 Å². The molecule has 3 heterocycles. The van der Waals surface area contributed by atoms with Gasteiger partial charge in [-0.2, -0.15) is 0 Å². The van der Waals surface area contributed by atoms with Crippen LogP contribution in [0.2, 0.25) is 0 Å². The number of urea groups is 1. The SMILES string of the molecule is CCOC(=O)c1ccccc1NC(=O)N1CCN(Cc2nc3cccnc3n2-c2cc(C)cc(C)c2)CC1. The second-order valence-electron chi connectivity index (χ2n) is 9.51. The summed E-state index contributed by atoms with van der Waals surface area (Å²) < 4.78 is 7.26. The highest BCUT2D eigenvalue weighted by Crippen LogP contribution is 2.24. The van der Waals surface area contributed by atoms with Crippen LogP contribution in [-0.2, 0) is 11.3 Å². The molecule has 1 aliphatic rings. The van der Waals surface area contributed by atoms with Crippen LogP contribution in [0.1, 0.15) is 34.2 Å². The quantitative estimate of drug-likeness (QED) is 0.381. The highest BCUT2D eigenvalue weighted by molar-refractivity contribution is 6.00. The van der Waals surface area contributed by atoms with Gasteiger partial charge < -0.3 is 15.0 Å². The second kappa shape index (κ2) is 11.0. The number of benzene rings is 2. The average molecular weight is 513 g/mol. The first-order valence-corrected chi connectivity index (χ1v) is 12.9. The van der Waals surface area contributed by atoms with E-state index in [0.29, 0.717) is 44.0 Å². The number of hydrogen-bond acceptors (Lipinski definition) is 6. The minimum Gasteiger partial charge on any atom is -0.462 e. The highest BCUT2D eigenvalue weighted by Gasteiger charge is 2.25. The maximum Gasteiger partial charge on any atom is 0.340 e. The fraction of sp³-hybridized carbons (Fsp3) is 0.310. The molecule has 0 radical (unpaired) electrons. The summed E-state index contributed by atoms with van der Waals surface area (Å²) in [6, 6.07) is 17.0. The van der Waals surface area contributed by atoms with Crippen LogP contribution in [-0.4, -0.2) is 69.1 Å². The molecule has 4 aromatic rings. The van der Waals surface area contributed by atoms with Crippen molar-refractivity contribution >= 4 is 28.9 Å². The van der Waals surface area contributed by atoms with E-state index in [-0.39, 0.29) is 12.6 Å². The van der Waals surface area contributed by atoms with E-state index in [1.165, 1.54) is 11.1 Å². The molecule has 0 saturated carbocycles. The molecule has 2 aromatic carbocycles. The number of carbonyl (C=O) groups excluding carboxylic acids is 2. The lowest BCUT2D eigenvalue weighted by molar-refractivity contribution is 0.0527. The second-order valence-corrected chi connectivity index (χ2v) is 9.51. The number of para-hydroxylation sites is 1. The first-order valence-electron chi connectivity index (χ1n) is 12.9. The van der Waals surface area contributed by atoms with E-state index in [4.69, 9.17) is 9.72 Å². The van der Waals surface area contributed by atoms with Crippen LogP contribution in [0.5, 0.6) is 0 Å². The first kappa shape index (κ1) is 25.4. The number of nitrogens with one attached hydrogen (secondary N) is 1. The summed E-state index contributed by atoms with van der Waals surface area (Å²) in [7, 11) is 0. The standard InChI is InChI=1S/C29H32N6O3/c1-4-38-28(36)23-8-5-6-9-24(23)32-29(37)34-14-12-33(13-15-34)19-26-31-25-10-7-11-30-27(25)35(26)22-17-20(2)16-21(3)18-22/h5-11,16-18H,4,12-15,19H2,1-3H3,(H,32,37). The number of ether oxygens (including phenoxy) is 1. The van der Waals surface area contributed by atoms with Gasteiger partial charge in [0.05, 0.1) is 24.4 Å². The molecule has 0 unspecified atom stereocenters. The predicted octanol–water partition coefficient (Wildman–Crippen LogP) is 4.56. The van der Waals surface area contributed by atoms with Crippen molar-refractivity contribution in [2.45, 2.75) is 27.3 Å². The molecule has 1 aliphatic heterocycles. The molecule has 38 heavy (non-hydrogen) atoms. The fourth-order valence-electron chi connectivity index (χ4n) is 4.90. The van der Waals surface area contributed by atoms with Gasteiger partial charge in [0.15, 0.2) is 5.65 Å². The summed E-state index contributed by atoms with van der Waals surface area (Å²) in [5.41, 5.74) is 5.93. The Bertz CT molecular complexity index is 1450. The smallest absolute Gasteiger partial charge is 0.340 e. The molecule has 2 aromatic heterocycles. The van der Waals surface area contributed by atoms with Crippen LogP contribution in [0, 0.1) is 13.8 Å². The molecule has 1 N–H and O–H groups in total. The molecule has 2 amide bonds. The van der Waals surface area contributed by atoms with Crippen molar-refractivity contribution in [1.29, 1.82) is 0 Å². The van der Waals surface area contributed by atoms with Crippen molar-refractivity contribution < 1.29 is 14.3 Å². The number of carbonyl (C=O) groups is 2. The minimum absolute atomic E-state index is 0.229. The molecule has 1 fully saturated rings. The Morgan fingerprint density at radius 2 is 1.71 bits per heavy atom. The first-order chi connectivity index (χ1) is 18.4. The Kier molecular flexibility index (Phi) is 7.37. The van der Waals surface area contributed by atoms with Crippen molar-refractivity contribution in [3.63, 3.8) is 0 Å². The van der Waals surface area contributed by atoms with Gasteiger partial charge in [-0.25, -0.2) is 19.6 Å². The Labute approximate surface area is 222 Å². The maximum atomic E-state index is 13.0. The average Bonchev–Trinajstić information content (AvgIpc) is 3.26. The van der Waals surface area contributed by atoms with Crippen LogP contribution in [0.25, 0.3) is 16.9 Å². The highest BCUT2D eigenvalue weighted by atomic mass is 16.5. The topological polar surface area (TPSA) is 92.6 Å². The zero-order chi connectivity index (χ0) is 26.6. The third kappa shape index (κ3) is 5.38. The normalized spacial score (nSPS) is 14.0. The van der Waals surface area contributed by atoms with Gasteiger partial charge in [0, 0.05) is 38.1 Å². The number of imidazole rings is 1. The molecule has 0 spiro atoms. The lowest BCUT2D eigenvalue weighted by Crippen LogP contribution is -2.49. The van der Waals surface area contributed by atoms with Gasteiger partial charge in [-0.1, -0.05) is 18.2 Å². The van der Waals surface area contributed by atoms with Gasteiger partial charge in [0.2, 0.25) is 0 Å². The number of aryl methyl sites for hydroxylation is 2. The molecule has 0 aliphatic carbocycles. The number of rotatable bonds is 6. The monoisotopic (exact) mass is 512 g/mol. The molecular weight excluding hydrogens is 480 g/mol. The zero-order valence-corrected chi connectivity index (χ0v) is 22.0. The summed E-state index contributed by atoms with van der Waals surface area (Å²) in [6.45, 7) is 9.40. The van der Waals surface area contributed by atoms with Crippen LogP contribution < -0.4 is 5.32 Å². The number of esters is 1. The molecular formula is C29H32N6O3. The number of nitrogens with zero attached hydrogens (tertiary/aromatic N) is 5. The Hall–Kier alpha value is -4.24. The van der Waals surface area contributed by atoms with Crippen LogP contribution >= 0.6 is 0 Å². The van der Waals surface area contributed by atoms with Crippen LogP contribution in [0.3, 0.4) is 0 Å². The number of aromatic nitrogens is 3. The van der Waals surface area contributed by atoms with E-state index in [1.807, 2.05) is 12.1 Å². The molecule has 5 rings (SSSR count). The Morgan fingerprint density at radius 3 is 2.45 bits per heavy atom. The number of amides is 2. The molecule has 9 nitrogen and oxygen atoms in total. The Balaban J connectivity index is 1.29. The predicted molar refractivity (Wildman–Crippen MR) is 147 cm³/mol. The minimum atomic E-state index is -0.450. The Morgan fingerprint density at radius 1 is 0.974 bits per heavy atom. The summed E-state index contributed by atoms with van der Waals surface area (Å²) in [6.07, 6.45) is 1.80. The van der Waals surface area contributed by atoms with Gasteiger partial charge in [-0.15, -0.1) is 0 Å². The van der Waals surface area contributed by atoms with Crippen molar-refractivity contribution in [1.82, 2.24) is 24.3 Å². The van der Waals surface area contributed by atoms with E-state index in [9.17, 15) is 9.59 Å². The van der Waals surface area contributed by atoms with E-state index >= 15 is 0 Å². The van der Waals surface area contributed by atoms with Crippen molar-refractivity contribution in [2.75, 3.05) is 38.1 Å². The summed E-state index contributed by atoms with van der Waals surface area (Å²) in [4.78, 5) is 38.9. The fourth-order valence-corrected chi connectivity index (χ4v) is 4.90. The summed E-state index contributed by atoms with van der Waals surface area (Å²) in [5, 5.41) is 2.89. The number of pyridine rings is 1. The van der Waals surface area contributed by atoms with Gasteiger partial charge in [-0.05, 0) is 68.3 Å². The number of piperazine rings is 1. The lowest BCUT2D eigenvalue weighted by atomic mass is 10.1. The summed E-state index contributed by atoms with van der Waals surface area (Å²) in [5.74, 6) is 0.472. The third-order valence-corrected chi connectivity index (χ3v) is 6.64. The number of fused-ring (bicyclic) bond motifs is 1. The van der Waals surface area contributed by atoms with Crippen molar-refractivity contribution in [3.8, 4) is 5.69 Å². The number of anilines is 1. The largest absolute Gasteiger partial charge is 0.462 e. The number of hydrogen-bond donors (Lipinski definition) is 1. The van der Waals surface area contributed by atoms with E-state index in [1.54, 1.807) is 42.3 Å².